The van der Waals surface area contributed by atoms with E-state index < -0.39 is 60.8 Å². The smallest absolute Gasteiger partial charge is 0.281 e. The third kappa shape index (κ3) is 8.63. The van der Waals surface area contributed by atoms with Gasteiger partial charge in [-0.3, -0.25) is 4.79 Å². The number of nitrogens with zero attached hydrogens (tertiary/aromatic N) is 3. The average molecular weight is 780 g/mol. The molecular weight excluding hydrogens is 720 g/mol. The van der Waals surface area contributed by atoms with Gasteiger partial charge in [-0.25, -0.2) is 9.97 Å². The Bertz CT molecular complexity index is 1510. The summed E-state index contributed by atoms with van der Waals surface area (Å²) in [6, 6.07) is 18.9. The molecule has 2 aromatic heterocycles. The first-order valence-corrected chi connectivity index (χ1v) is 27.1. The van der Waals surface area contributed by atoms with E-state index in [0.29, 0.717) is 21.9 Å². The number of carbonyl (C=O) groups excluding carboxylic acids is 1. The van der Waals surface area contributed by atoms with Gasteiger partial charge in [0.25, 0.3) is 5.24 Å². The van der Waals surface area contributed by atoms with Crippen molar-refractivity contribution in [1.29, 1.82) is 0 Å². The van der Waals surface area contributed by atoms with Crippen LogP contribution in [-0.4, -0.2) is 63.0 Å². The van der Waals surface area contributed by atoms with Gasteiger partial charge in [0.2, 0.25) is 0 Å². The predicted octanol–water partition coefficient (Wildman–Crippen LogP) is 11.0. The number of aromatic nitrogens is 3. The molecule has 14 heteroatoms. The third-order valence-corrected chi connectivity index (χ3v) is 25.9. The van der Waals surface area contributed by atoms with E-state index in [0.717, 1.165) is 60.0 Å². The molecule has 0 saturated carbocycles. The first-order chi connectivity index (χ1) is 24.0. The predicted molar refractivity (Wildman–Crippen MR) is 216 cm³/mol. The Morgan fingerprint density at radius 1 is 0.820 bits per heavy atom. The molecule has 3 heterocycles. The Morgan fingerprint density at radius 3 is 1.84 bits per heavy atom. The number of halogens is 1. The summed E-state index contributed by atoms with van der Waals surface area (Å²) in [4.78, 5) is 21.0. The van der Waals surface area contributed by atoms with Crippen LogP contribution in [0.15, 0.2) is 42.9 Å². The van der Waals surface area contributed by atoms with Crippen LogP contribution < -0.4 is 5.32 Å². The van der Waals surface area contributed by atoms with Crippen molar-refractivity contribution < 1.29 is 22.8 Å². The number of anilines is 1. The first-order valence-electron chi connectivity index (χ1n) is 18.7. The van der Waals surface area contributed by atoms with Crippen LogP contribution in [0.1, 0.15) is 80.2 Å². The van der Waals surface area contributed by atoms with Gasteiger partial charge in [0, 0.05) is 11.2 Å². The van der Waals surface area contributed by atoms with Gasteiger partial charge in [-0.15, -0.1) is 0 Å². The van der Waals surface area contributed by atoms with Crippen LogP contribution in [0.5, 0.6) is 0 Å². The zero-order valence-electron chi connectivity index (χ0n) is 31.5. The normalized spacial score (nSPS) is 20.8. The molecule has 1 saturated heterocycles. The Kier molecular flexibility index (Phi) is 14.8. The highest BCUT2D eigenvalue weighted by Gasteiger charge is 2.56. The maximum Gasteiger partial charge on any atom is 0.281 e. The lowest BCUT2D eigenvalue weighted by atomic mass is 9.99. The summed E-state index contributed by atoms with van der Waals surface area (Å²) in [7, 11) is -6.58. The zero-order chi connectivity index (χ0) is 36.7. The van der Waals surface area contributed by atoms with Crippen molar-refractivity contribution >= 4 is 71.3 Å². The summed E-state index contributed by atoms with van der Waals surface area (Å²) < 4.78 is 32.1. The average Bonchev–Trinajstić information content (AvgIpc) is 3.72. The molecule has 5 atom stereocenters. The minimum absolute atomic E-state index is 0.392. The number of benzene rings is 1. The van der Waals surface area contributed by atoms with Gasteiger partial charge < -0.3 is 27.9 Å². The highest BCUT2D eigenvalue weighted by Crippen LogP contribution is 2.47. The van der Waals surface area contributed by atoms with Crippen LogP contribution in [0.3, 0.4) is 0 Å². The summed E-state index contributed by atoms with van der Waals surface area (Å²) in [6.45, 7) is 20.4. The molecule has 278 valence electrons. The number of carbonyl (C=O) groups is 1. The number of nitrogens with one attached hydrogen (secondary N) is 1. The molecule has 0 spiro atoms. The quantitative estimate of drug-likeness (QED) is 0.0924. The van der Waals surface area contributed by atoms with Crippen LogP contribution in [0.2, 0.25) is 59.4 Å². The van der Waals surface area contributed by atoms with Crippen molar-refractivity contribution in [3.8, 4) is 0 Å². The molecule has 0 unspecified atom stereocenters. The first kappa shape index (κ1) is 41.2. The number of amides is 1. The number of thiol groups is 1. The van der Waals surface area contributed by atoms with E-state index in [1.807, 2.05) is 29.0 Å². The van der Waals surface area contributed by atoms with Crippen LogP contribution in [0, 0.1) is 0 Å². The molecule has 1 fully saturated rings. The summed E-state index contributed by atoms with van der Waals surface area (Å²) in [6.07, 6.45) is 1.19. The van der Waals surface area contributed by atoms with Gasteiger partial charge >= 0.3 is 0 Å². The third-order valence-electron chi connectivity index (χ3n) is 11.7. The van der Waals surface area contributed by atoms with Crippen molar-refractivity contribution in [2.45, 2.75) is 147 Å². The van der Waals surface area contributed by atoms with Gasteiger partial charge in [-0.05, 0) is 78.2 Å². The van der Waals surface area contributed by atoms with E-state index >= 15 is 0 Å². The number of ether oxygens (including phenoxy) is 1. The van der Waals surface area contributed by atoms with Gasteiger partial charge in [0.15, 0.2) is 31.2 Å². The van der Waals surface area contributed by atoms with Crippen molar-refractivity contribution in [3.63, 3.8) is 0 Å². The molecule has 4 rings (SSSR count). The number of hydrogen-bond donors (Lipinski definition) is 2. The standard InChI is InChI=1S/C36H59ClN4O5SSi3/c1-10-48(11-2,12-3)44-29(26-19-21-27(37)22-20-26)30-31(45-49(13-4,14-5)15-6)32(46-50(16-7,17-8)18-9)35(43-30)41-24-23-28-33(40-36(42)47)38-25-39-34(28)41/h19-25,29-32,35H,10-18H2,1-9H3,(H2,38,39,40,42,47)/t29-,30-,31-,32-,35-/m1/s1. The van der Waals surface area contributed by atoms with Crippen LogP contribution in [0.4, 0.5) is 10.6 Å². The van der Waals surface area contributed by atoms with E-state index in [1.54, 1.807) is 0 Å². The lowest BCUT2D eigenvalue weighted by Gasteiger charge is -2.42. The Morgan fingerprint density at radius 2 is 1.34 bits per heavy atom. The van der Waals surface area contributed by atoms with E-state index in [2.05, 4.69) is 97.4 Å². The van der Waals surface area contributed by atoms with Crippen molar-refractivity contribution in [3.05, 3.63) is 53.4 Å². The molecule has 1 aromatic carbocycles. The fourth-order valence-corrected chi connectivity index (χ4v) is 16.3. The van der Waals surface area contributed by atoms with E-state index in [9.17, 15) is 4.79 Å². The fraction of sp³-hybridized carbons (Fsp3) is 0.639. The number of hydrogen-bond acceptors (Lipinski definition) is 7. The molecule has 1 amide bonds. The summed E-state index contributed by atoms with van der Waals surface area (Å²) in [5, 5.41) is 3.62. The largest absolute Gasteiger partial charge is 0.408 e. The molecule has 0 aliphatic carbocycles. The van der Waals surface area contributed by atoms with Crippen molar-refractivity contribution in [2.24, 2.45) is 0 Å². The second kappa shape index (κ2) is 18.0. The van der Waals surface area contributed by atoms with Gasteiger partial charge in [-0.2, -0.15) is 0 Å². The molecule has 0 bridgehead atoms. The molecule has 50 heavy (non-hydrogen) atoms. The van der Waals surface area contributed by atoms with Gasteiger partial charge in [0.1, 0.15) is 36.1 Å². The minimum atomic E-state index is -2.21. The second-order valence-electron chi connectivity index (χ2n) is 13.6. The summed E-state index contributed by atoms with van der Waals surface area (Å²) in [5.74, 6) is 0.398. The van der Waals surface area contributed by atoms with E-state index in [4.69, 9.17) is 34.6 Å². The van der Waals surface area contributed by atoms with E-state index in [1.165, 1.54) is 6.33 Å². The molecule has 1 N–H and O–H groups in total. The highest BCUT2D eigenvalue weighted by atomic mass is 35.5. The minimum Gasteiger partial charge on any atom is -0.408 e. The number of rotatable bonds is 19. The monoisotopic (exact) mass is 778 g/mol. The fourth-order valence-electron chi connectivity index (χ4n) is 7.59. The second-order valence-corrected chi connectivity index (χ2v) is 28.6. The Labute approximate surface area is 313 Å². The van der Waals surface area contributed by atoms with Crippen LogP contribution in [0.25, 0.3) is 11.0 Å². The summed E-state index contributed by atoms with van der Waals surface area (Å²) in [5.41, 5.74) is 1.67. The molecule has 0 radical (unpaired) electrons. The van der Waals surface area contributed by atoms with E-state index in [-0.39, 0.29) is 0 Å². The summed E-state index contributed by atoms with van der Waals surface area (Å²) >= 11 is 10.4. The van der Waals surface area contributed by atoms with Gasteiger partial charge in [-0.1, -0.05) is 98.7 Å². The lowest BCUT2D eigenvalue weighted by molar-refractivity contribution is -0.0780. The molecular formula is C36H59ClN4O5SSi3. The van der Waals surface area contributed by atoms with Crippen molar-refractivity contribution in [2.75, 3.05) is 5.32 Å². The Hall–Kier alpha value is -1.56. The maximum atomic E-state index is 12.0. The molecule has 1 aliphatic heterocycles. The van der Waals surface area contributed by atoms with Crippen LogP contribution in [-0.2, 0) is 18.0 Å². The number of fused-ring (bicyclic) bond motifs is 1. The topological polar surface area (TPSA) is 96.7 Å². The lowest BCUT2D eigenvalue weighted by Crippen LogP contribution is -2.53. The Balaban J connectivity index is 2.01. The molecule has 9 nitrogen and oxygen atoms in total. The van der Waals surface area contributed by atoms with Crippen LogP contribution >= 0.6 is 24.2 Å². The maximum absolute atomic E-state index is 12.0. The highest BCUT2D eigenvalue weighted by molar-refractivity contribution is 7.96. The zero-order valence-corrected chi connectivity index (χ0v) is 36.2. The molecule has 1 aliphatic rings. The van der Waals surface area contributed by atoms with Gasteiger partial charge in [0.05, 0.1) is 11.5 Å². The molecule has 3 aromatic rings. The SMILES string of the molecule is CC[Si](CC)(CC)O[C@H]1[C@@H](O[Si](CC)(CC)CC)[C@H](n2ccc3c(NC(=O)S)ncnc32)O[C@@H]1[C@H](O[Si](CC)(CC)CC)c1ccc(Cl)cc1. The van der Waals surface area contributed by atoms with Crippen molar-refractivity contribution in [1.82, 2.24) is 14.5 Å².